The Morgan fingerprint density at radius 3 is 2.10 bits per heavy atom. The van der Waals surface area contributed by atoms with Crippen LogP contribution in [0.2, 0.25) is 0 Å². The molecule has 0 amide bonds. The van der Waals surface area contributed by atoms with Crippen LogP contribution < -0.4 is 0 Å². The monoisotopic (exact) mass is 309 g/mol. The van der Waals surface area contributed by atoms with Gasteiger partial charge in [-0.05, 0) is 17.9 Å². The zero-order chi connectivity index (χ0) is 16.2. The molecule has 1 aromatic rings. The van der Waals surface area contributed by atoms with Crippen molar-refractivity contribution in [1.29, 1.82) is 0 Å². The second-order valence-electron chi connectivity index (χ2n) is 5.85. The van der Waals surface area contributed by atoms with E-state index >= 15 is 0 Å². The van der Waals surface area contributed by atoms with Gasteiger partial charge in [-0.25, -0.2) is 8.42 Å². The predicted molar refractivity (Wildman–Crippen MR) is 85.9 cm³/mol. The first kappa shape index (κ1) is 17.4. The molecular formula is C16H23NO3S. The Labute approximate surface area is 127 Å². The lowest BCUT2D eigenvalue weighted by atomic mass is 10.0. The Balaban J connectivity index is 3.11. The van der Waals surface area contributed by atoms with E-state index in [1.165, 1.54) is 6.20 Å². The SMILES string of the molecule is CC(C)Cc1ccc(C(=O)C(=CN(C)C)S(C)(=O)=O)cc1. The molecule has 0 fully saturated rings. The van der Waals surface area contributed by atoms with Gasteiger partial charge in [-0.15, -0.1) is 0 Å². The molecule has 116 valence electrons. The van der Waals surface area contributed by atoms with E-state index in [0.29, 0.717) is 11.5 Å². The fourth-order valence-corrected chi connectivity index (χ4v) is 2.82. The third-order valence-corrected chi connectivity index (χ3v) is 3.95. The van der Waals surface area contributed by atoms with Gasteiger partial charge in [0.25, 0.3) is 0 Å². The smallest absolute Gasteiger partial charge is 0.205 e. The van der Waals surface area contributed by atoms with Crippen molar-refractivity contribution >= 4 is 15.6 Å². The summed E-state index contributed by atoms with van der Waals surface area (Å²) in [4.78, 5) is 13.8. The molecule has 0 bridgehead atoms. The molecule has 0 spiro atoms. The normalized spacial score (nSPS) is 12.6. The standard InChI is InChI=1S/C16H23NO3S/c1-12(2)10-13-6-8-14(9-7-13)16(18)15(11-17(3)4)21(5,19)20/h6-9,11-12H,10H2,1-5H3. The third-order valence-electron chi connectivity index (χ3n) is 2.86. The molecule has 0 heterocycles. The minimum atomic E-state index is -3.57. The van der Waals surface area contributed by atoms with Crippen LogP contribution in [-0.2, 0) is 16.3 Å². The van der Waals surface area contributed by atoms with Crippen molar-refractivity contribution in [1.82, 2.24) is 4.90 Å². The fraction of sp³-hybridized carbons (Fsp3) is 0.438. The maximum atomic E-state index is 12.4. The number of carbonyl (C=O) groups excluding carboxylic acids is 1. The van der Waals surface area contributed by atoms with Gasteiger partial charge in [0.1, 0.15) is 4.91 Å². The molecule has 5 heteroatoms. The molecule has 0 aliphatic rings. The van der Waals surface area contributed by atoms with Gasteiger partial charge in [0, 0.05) is 32.1 Å². The van der Waals surface area contributed by atoms with Crippen molar-refractivity contribution in [3.63, 3.8) is 0 Å². The minimum Gasteiger partial charge on any atom is -0.382 e. The van der Waals surface area contributed by atoms with Crippen molar-refractivity contribution in [2.24, 2.45) is 5.92 Å². The number of benzene rings is 1. The topological polar surface area (TPSA) is 54.5 Å². The number of nitrogens with zero attached hydrogens (tertiary/aromatic N) is 1. The van der Waals surface area contributed by atoms with Crippen molar-refractivity contribution in [2.45, 2.75) is 20.3 Å². The molecule has 0 radical (unpaired) electrons. The average molecular weight is 309 g/mol. The van der Waals surface area contributed by atoms with Crippen LogP contribution in [0.4, 0.5) is 0 Å². The Kier molecular flexibility index (Phi) is 5.72. The molecule has 1 aromatic carbocycles. The number of rotatable bonds is 6. The van der Waals surface area contributed by atoms with Crippen LogP contribution in [0.15, 0.2) is 35.4 Å². The summed E-state index contributed by atoms with van der Waals surface area (Å²) in [6.07, 6.45) is 3.33. The number of carbonyl (C=O) groups is 1. The van der Waals surface area contributed by atoms with Crippen LogP contribution in [0.25, 0.3) is 0 Å². The van der Waals surface area contributed by atoms with E-state index in [0.717, 1.165) is 18.2 Å². The lowest BCUT2D eigenvalue weighted by Gasteiger charge is -2.10. The Morgan fingerprint density at radius 1 is 1.19 bits per heavy atom. The Bertz CT molecular complexity index is 626. The van der Waals surface area contributed by atoms with Gasteiger partial charge >= 0.3 is 0 Å². The maximum Gasteiger partial charge on any atom is 0.205 e. The highest BCUT2D eigenvalue weighted by Crippen LogP contribution is 2.16. The lowest BCUT2D eigenvalue weighted by molar-refractivity contribution is 0.104. The van der Waals surface area contributed by atoms with Gasteiger partial charge in [-0.2, -0.15) is 0 Å². The molecule has 0 aliphatic heterocycles. The molecule has 0 N–H and O–H groups in total. The molecule has 0 atom stereocenters. The van der Waals surface area contributed by atoms with Crippen molar-refractivity contribution < 1.29 is 13.2 Å². The van der Waals surface area contributed by atoms with Gasteiger partial charge in [0.15, 0.2) is 9.84 Å². The van der Waals surface area contributed by atoms with Crippen LogP contribution in [0, 0.1) is 5.92 Å². The van der Waals surface area contributed by atoms with Crippen LogP contribution in [0.3, 0.4) is 0 Å². The van der Waals surface area contributed by atoms with Crippen molar-refractivity contribution in [2.75, 3.05) is 20.4 Å². The zero-order valence-corrected chi connectivity index (χ0v) is 14.1. The van der Waals surface area contributed by atoms with E-state index in [-0.39, 0.29) is 4.91 Å². The molecule has 0 unspecified atom stereocenters. The lowest BCUT2D eigenvalue weighted by Crippen LogP contribution is -2.16. The summed E-state index contributed by atoms with van der Waals surface area (Å²) >= 11 is 0. The predicted octanol–water partition coefficient (Wildman–Crippen LogP) is 2.52. The van der Waals surface area contributed by atoms with Crippen molar-refractivity contribution in [3.05, 3.63) is 46.5 Å². The molecule has 0 aromatic heterocycles. The van der Waals surface area contributed by atoms with E-state index in [4.69, 9.17) is 0 Å². The number of sulfone groups is 1. The highest BCUT2D eigenvalue weighted by atomic mass is 32.2. The summed E-state index contributed by atoms with van der Waals surface area (Å²) < 4.78 is 23.6. The summed E-state index contributed by atoms with van der Waals surface area (Å²) in [5.41, 5.74) is 1.53. The average Bonchev–Trinajstić information content (AvgIpc) is 2.34. The number of ketones is 1. The van der Waals surface area contributed by atoms with Crippen LogP contribution in [0.1, 0.15) is 29.8 Å². The largest absolute Gasteiger partial charge is 0.382 e. The Morgan fingerprint density at radius 2 is 1.71 bits per heavy atom. The first-order chi connectivity index (χ1) is 9.61. The third kappa shape index (κ3) is 5.34. The second kappa shape index (κ2) is 6.89. The van der Waals surface area contributed by atoms with Crippen molar-refractivity contribution in [3.8, 4) is 0 Å². The second-order valence-corrected chi connectivity index (χ2v) is 7.84. The molecule has 0 aliphatic carbocycles. The van der Waals surface area contributed by atoms with Crippen LogP contribution in [-0.4, -0.2) is 39.5 Å². The minimum absolute atomic E-state index is 0.191. The maximum absolute atomic E-state index is 12.4. The highest BCUT2D eigenvalue weighted by Gasteiger charge is 2.22. The van der Waals surface area contributed by atoms with Gasteiger partial charge < -0.3 is 4.90 Å². The van der Waals surface area contributed by atoms with E-state index in [1.54, 1.807) is 31.1 Å². The fourth-order valence-electron chi connectivity index (χ4n) is 1.96. The van der Waals surface area contributed by atoms with Gasteiger partial charge in [-0.1, -0.05) is 38.1 Å². The first-order valence-corrected chi connectivity index (χ1v) is 8.72. The van der Waals surface area contributed by atoms with Crippen LogP contribution >= 0.6 is 0 Å². The number of hydrogen-bond acceptors (Lipinski definition) is 4. The summed E-state index contributed by atoms with van der Waals surface area (Å²) in [5.74, 6) is 0.0639. The molecule has 0 saturated heterocycles. The molecule has 4 nitrogen and oxygen atoms in total. The number of allylic oxidation sites excluding steroid dienone is 1. The Hall–Kier alpha value is -1.62. The number of hydrogen-bond donors (Lipinski definition) is 0. The molecule has 0 saturated carbocycles. The van der Waals surface area contributed by atoms with E-state index in [9.17, 15) is 13.2 Å². The van der Waals surface area contributed by atoms with Crippen LogP contribution in [0.5, 0.6) is 0 Å². The summed E-state index contributed by atoms with van der Waals surface area (Å²) in [7, 11) is -0.197. The van der Waals surface area contributed by atoms with E-state index in [1.807, 2.05) is 12.1 Å². The molecule has 1 rings (SSSR count). The van der Waals surface area contributed by atoms with E-state index < -0.39 is 15.6 Å². The first-order valence-electron chi connectivity index (χ1n) is 6.83. The molecule has 21 heavy (non-hydrogen) atoms. The number of Topliss-reactive ketones (excluding diaryl/α,β-unsaturated/α-hetero) is 1. The summed E-state index contributed by atoms with van der Waals surface area (Å²) in [6.45, 7) is 4.25. The molecular weight excluding hydrogens is 286 g/mol. The zero-order valence-electron chi connectivity index (χ0n) is 13.3. The van der Waals surface area contributed by atoms with E-state index in [2.05, 4.69) is 13.8 Å². The summed E-state index contributed by atoms with van der Waals surface area (Å²) in [5, 5.41) is 0. The summed E-state index contributed by atoms with van der Waals surface area (Å²) in [6, 6.07) is 7.13. The van der Waals surface area contributed by atoms with Gasteiger partial charge in [0.2, 0.25) is 5.78 Å². The quantitative estimate of drug-likeness (QED) is 0.598. The van der Waals surface area contributed by atoms with Gasteiger partial charge in [0.05, 0.1) is 0 Å². The highest BCUT2D eigenvalue weighted by molar-refractivity contribution is 7.95. The van der Waals surface area contributed by atoms with Gasteiger partial charge in [-0.3, -0.25) is 4.79 Å².